The van der Waals surface area contributed by atoms with Crippen LogP contribution in [0.4, 0.5) is 5.69 Å². The molecular weight excluding hydrogens is 295 g/mol. The van der Waals surface area contributed by atoms with E-state index in [1.165, 1.54) is 0 Å². The van der Waals surface area contributed by atoms with Gasteiger partial charge in [-0.15, -0.1) is 0 Å². The van der Waals surface area contributed by atoms with Gasteiger partial charge < -0.3 is 11.1 Å². The molecule has 0 saturated heterocycles. The quantitative estimate of drug-likeness (QED) is 0.906. The van der Waals surface area contributed by atoms with Crippen molar-refractivity contribution in [2.45, 2.75) is 13.0 Å². The van der Waals surface area contributed by atoms with Crippen molar-refractivity contribution >= 4 is 34.8 Å². The summed E-state index contributed by atoms with van der Waals surface area (Å²) in [7, 11) is 0. The standard InChI is InChI=1S/C15H14Cl2N2O/c16-12-6-5-10(7-13(12)17)8-15(20)19-14-4-2-1-3-11(14)9-18/h1-7H,8-9,18H2,(H,19,20). The number of nitrogens with one attached hydrogen (secondary N) is 1. The molecule has 0 aromatic heterocycles. The smallest absolute Gasteiger partial charge is 0.228 e. The molecule has 1 amide bonds. The minimum Gasteiger partial charge on any atom is -0.326 e. The highest BCUT2D eigenvalue weighted by atomic mass is 35.5. The Morgan fingerprint density at radius 2 is 1.85 bits per heavy atom. The fourth-order valence-electron chi connectivity index (χ4n) is 1.85. The molecule has 0 spiro atoms. The molecule has 0 aliphatic rings. The number of nitrogens with two attached hydrogens (primary N) is 1. The molecule has 3 N–H and O–H groups in total. The van der Waals surface area contributed by atoms with Crippen LogP contribution in [-0.4, -0.2) is 5.91 Å². The SMILES string of the molecule is NCc1ccccc1NC(=O)Cc1ccc(Cl)c(Cl)c1. The maximum absolute atomic E-state index is 12.0. The molecule has 3 nitrogen and oxygen atoms in total. The van der Waals surface area contributed by atoms with Crippen LogP contribution < -0.4 is 11.1 Å². The topological polar surface area (TPSA) is 55.1 Å². The van der Waals surface area contributed by atoms with Crippen LogP contribution in [0.2, 0.25) is 10.0 Å². The number of hydrogen-bond donors (Lipinski definition) is 2. The Kier molecular flexibility index (Phi) is 5.01. The van der Waals surface area contributed by atoms with Crippen LogP contribution in [0.25, 0.3) is 0 Å². The van der Waals surface area contributed by atoms with Gasteiger partial charge in [0.2, 0.25) is 5.91 Å². The van der Waals surface area contributed by atoms with Crippen LogP contribution in [0.5, 0.6) is 0 Å². The van der Waals surface area contributed by atoms with E-state index in [9.17, 15) is 4.79 Å². The summed E-state index contributed by atoms with van der Waals surface area (Å²) in [5, 5.41) is 3.77. The highest BCUT2D eigenvalue weighted by molar-refractivity contribution is 6.42. The molecular formula is C15H14Cl2N2O. The van der Waals surface area contributed by atoms with Gasteiger partial charge in [0.05, 0.1) is 16.5 Å². The van der Waals surface area contributed by atoms with Crippen molar-refractivity contribution in [3.05, 3.63) is 63.6 Å². The number of para-hydroxylation sites is 1. The summed E-state index contributed by atoms with van der Waals surface area (Å²) in [6, 6.07) is 12.6. The number of halogens is 2. The Morgan fingerprint density at radius 3 is 2.55 bits per heavy atom. The van der Waals surface area contributed by atoms with Crippen molar-refractivity contribution in [2.75, 3.05) is 5.32 Å². The number of hydrogen-bond acceptors (Lipinski definition) is 2. The summed E-state index contributed by atoms with van der Waals surface area (Å²) in [5.74, 6) is -0.121. The van der Waals surface area contributed by atoms with Gasteiger partial charge >= 0.3 is 0 Å². The Labute approximate surface area is 127 Å². The molecule has 0 saturated carbocycles. The van der Waals surface area contributed by atoms with Gasteiger partial charge in [0.1, 0.15) is 0 Å². The van der Waals surface area contributed by atoms with Crippen LogP contribution in [0.3, 0.4) is 0 Å². The van der Waals surface area contributed by atoms with E-state index < -0.39 is 0 Å². The predicted octanol–water partition coefficient (Wildman–Crippen LogP) is 3.63. The molecule has 2 aromatic rings. The van der Waals surface area contributed by atoms with Crippen molar-refractivity contribution < 1.29 is 4.79 Å². The third-order valence-electron chi connectivity index (χ3n) is 2.86. The minimum atomic E-state index is -0.121. The average Bonchev–Trinajstić information content (AvgIpc) is 2.43. The van der Waals surface area contributed by atoms with Crippen LogP contribution in [0.1, 0.15) is 11.1 Å². The Morgan fingerprint density at radius 1 is 1.10 bits per heavy atom. The summed E-state index contributed by atoms with van der Waals surface area (Å²) in [4.78, 5) is 12.0. The lowest BCUT2D eigenvalue weighted by Gasteiger charge is -2.10. The van der Waals surface area contributed by atoms with Crippen LogP contribution in [0.15, 0.2) is 42.5 Å². The molecule has 0 unspecified atom stereocenters. The van der Waals surface area contributed by atoms with Crippen LogP contribution in [-0.2, 0) is 17.8 Å². The number of carbonyl (C=O) groups is 1. The second-order valence-electron chi connectivity index (χ2n) is 4.33. The van der Waals surface area contributed by atoms with E-state index in [4.69, 9.17) is 28.9 Å². The monoisotopic (exact) mass is 308 g/mol. The van der Waals surface area contributed by atoms with E-state index in [1.54, 1.807) is 18.2 Å². The predicted molar refractivity (Wildman–Crippen MR) is 83.1 cm³/mol. The highest BCUT2D eigenvalue weighted by Crippen LogP contribution is 2.23. The summed E-state index contributed by atoms with van der Waals surface area (Å²) in [5.41, 5.74) is 8.07. The third kappa shape index (κ3) is 3.73. The van der Waals surface area contributed by atoms with Gasteiger partial charge in [0.25, 0.3) is 0 Å². The first kappa shape index (κ1) is 14.9. The zero-order valence-corrected chi connectivity index (χ0v) is 12.2. The van der Waals surface area contributed by atoms with Crippen molar-refractivity contribution in [1.29, 1.82) is 0 Å². The molecule has 0 atom stereocenters. The van der Waals surface area contributed by atoms with Gasteiger partial charge in [-0.25, -0.2) is 0 Å². The summed E-state index contributed by atoms with van der Waals surface area (Å²) < 4.78 is 0. The summed E-state index contributed by atoms with van der Waals surface area (Å²) in [6.07, 6.45) is 0.232. The van der Waals surface area contributed by atoms with Gasteiger partial charge in [0.15, 0.2) is 0 Å². The maximum atomic E-state index is 12.0. The number of benzene rings is 2. The summed E-state index contributed by atoms with van der Waals surface area (Å²) in [6.45, 7) is 0.378. The number of anilines is 1. The van der Waals surface area contributed by atoms with E-state index in [2.05, 4.69) is 5.32 Å². The first-order valence-electron chi connectivity index (χ1n) is 6.12. The zero-order valence-electron chi connectivity index (χ0n) is 10.7. The molecule has 0 fully saturated rings. The molecule has 2 rings (SSSR count). The first-order chi connectivity index (χ1) is 9.60. The fraction of sp³-hybridized carbons (Fsp3) is 0.133. The molecule has 0 aliphatic heterocycles. The number of amides is 1. The number of carbonyl (C=O) groups excluding carboxylic acids is 1. The van der Waals surface area contributed by atoms with E-state index in [0.29, 0.717) is 16.6 Å². The highest BCUT2D eigenvalue weighted by Gasteiger charge is 2.08. The van der Waals surface area contributed by atoms with Crippen molar-refractivity contribution in [2.24, 2.45) is 5.73 Å². The van der Waals surface area contributed by atoms with Crippen molar-refractivity contribution in [1.82, 2.24) is 0 Å². The van der Waals surface area contributed by atoms with Crippen molar-refractivity contribution in [3.8, 4) is 0 Å². The molecule has 2 aromatic carbocycles. The second kappa shape index (κ2) is 6.75. The zero-order chi connectivity index (χ0) is 14.5. The summed E-state index contributed by atoms with van der Waals surface area (Å²) >= 11 is 11.8. The van der Waals surface area contributed by atoms with E-state index in [-0.39, 0.29) is 12.3 Å². The molecule has 0 bridgehead atoms. The third-order valence-corrected chi connectivity index (χ3v) is 3.60. The number of rotatable bonds is 4. The first-order valence-corrected chi connectivity index (χ1v) is 6.87. The largest absolute Gasteiger partial charge is 0.326 e. The molecule has 0 heterocycles. The van der Waals surface area contributed by atoms with Gasteiger partial charge in [0, 0.05) is 12.2 Å². The van der Waals surface area contributed by atoms with E-state index >= 15 is 0 Å². The van der Waals surface area contributed by atoms with Gasteiger partial charge in [-0.05, 0) is 29.3 Å². The lowest BCUT2D eigenvalue weighted by molar-refractivity contribution is -0.115. The minimum absolute atomic E-state index is 0.121. The molecule has 0 aliphatic carbocycles. The van der Waals surface area contributed by atoms with E-state index in [0.717, 1.165) is 16.8 Å². The van der Waals surface area contributed by atoms with Gasteiger partial charge in [-0.1, -0.05) is 47.5 Å². The Bertz CT molecular complexity index is 629. The van der Waals surface area contributed by atoms with E-state index in [1.807, 2.05) is 24.3 Å². The van der Waals surface area contributed by atoms with Crippen molar-refractivity contribution in [3.63, 3.8) is 0 Å². The maximum Gasteiger partial charge on any atom is 0.228 e. The Balaban J connectivity index is 2.07. The molecule has 104 valence electrons. The average molecular weight is 309 g/mol. The Hall–Kier alpha value is -1.55. The normalized spacial score (nSPS) is 10.3. The molecule has 5 heteroatoms. The van der Waals surface area contributed by atoms with Gasteiger partial charge in [-0.2, -0.15) is 0 Å². The van der Waals surface area contributed by atoms with Crippen LogP contribution >= 0.6 is 23.2 Å². The lowest BCUT2D eigenvalue weighted by Crippen LogP contribution is -2.16. The fourth-order valence-corrected chi connectivity index (χ4v) is 2.17. The van der Waals surface area contributed by atoms with Crippen LogP contribution in [0, 0.1) is 0 Å². The lowest BCUT2D eigenvalue weighted by atomic mass is 10.1. The van der Waals surface area contributed by atoms with Gasteiger partial charge in [-0.3, -0.25) is 4.79 Å². The second-order valence-corrected chi connectivity index (χ2v) is 5.15. The molecule has 0 radical (unpaired) electrons. The molecule has 20 heavy (non-hydrogen) atoms.